The first-order valence-electron chi connectivity index (χ1n) is 18.3. The van der Waals surface area contributed by atoms with E-state index in [2.05, 4.69) is 58.2 Å². The maximum Gasteiger partial charge on any atom is 0.306 e. The van der Waals surface area contributed by atoms with Gasteiger partial charge in [0, 0.05) is 37.8 Å². The monoisotopic (exact) mass is 758 g/mol. The van der Waals surface area contributed by atoms with E-state index in [1.54, 1.807) is 19.2 Å². The van der Waals surface area contributed by atoms with E-state index in [0.717, 1.165) is 46.2 Å². The maximum absolute atomic E-state index is 10.9. The highest BCUT2D eigenvalue weighted by molar-refractivity contribution is 5.80. The van der Waals surface area contributed by atoms with E-state index in [9.17, 15) is 24.9 Å². The number of carboxylic acids is 2. The van der Waals surface area contributed by atoms with Gasteiger partial charge in [0.2, 0.25) is 11.8 Å². The van der Waals surface area contributed by atoms with Crippen LogP contribution in [-0.4, -0.2) is 101 Å². The zero-order valence-electron chi connectivity index (χ0n) is 31.0. The van der Waals surface area contributed by atoms with E-state index in [0.29, 0.717) is 30.3 Å². The minimum atomic E-state index is -1.08. The van der Waals surface area contributed by atoms with Gasteiger partial charge < -0.3 is 50.4 Å². The number of pyridine rings is 1. The zero-order chi connectivity index (χ0) is 39.3. The molecule has 0 saturated carbocycles. The fourth-order valence-corrected chi connectivity index (χ4v) is 6.56. The van der Waals surface area contributed by atoms with E-state index >= 15 is 0 Å². The summed E-state index contributed by atoms with van der Waals surface area (Å²) in [6.45, 7) is 3.41. The smallest absolute Gasteiger partial charge is 0.306 e. The Morgan fingerprint density at radius 3 is 2.22 bits per heavy atom. The summed E-state index contributed by atoms with van der Waals surface area (Å²) in [4.78, 5) is 26.2. The van der Waals surface area contributed by atoms with Crippen LogP contribution in [-0.2, 0) is 22.6 Å². The number of carbonyl (C=O) groups is 2. The number of carboxylic acid groups (broad SMARTS) is 2. The summed E-state index contributed by atoms with van der Waals surface area (Å²) in [6.07, 6.45) is -2.25. The number of nitrogens with one attached hydrogen (secondary N) is 3. The molecule has 0 fully saturated rings. The lowest BCUT2D eigenvalue weighted by Gasteiger charge is -2.19. The molecule has 4 aromatic rings. The summed E-state index contributed by atoms with van der Waals surface area (Å²) in [7, 11) is 1.61. The van der Waals surface area contributed by atoms with E-state index in [-0.39, 0.29) is 51.1 Å². The Balaban J connectivity index is 1.26. The zero-order valence-corrected chi connectivity index (χ0v) is 31.0. The van der Waals surface area contributed by atoms with E-state index < -0.39 is 30.4 Å². The molecule has 0 amide bonds. The molecule has 0 aliphatic heterocycles. The predicted molar refractivity (Wildman–Crippen MR) is 205 cm³/mol. The van der Waals surface area contributed by atoms with Gasteiger partial charge in [0.1, 0.15) is 31.3 Å². The highest BCUT2D eigenvalue weighted by atomic mass is 16.5. The van der Waals surface area contributed by atoms with Crippen LogP contribution in [0.3, 0.4) is 0 Å². The molecule has 3 aromatic carbocycles. The molecule has 1 heterocycles. The molecule has 0 bridgehead atoms. The van der Waals surface area contributed by atoms with Crippen molar-refractivity contribution in [2.45, 2.75) is 63.7 Å². The second kappa shape index (κ2) is 20.0. The summed E-state index contributed by atoms with van der Waals surface area (Å²) < 4.78 is 18.1. The molecule has 14 heteroatoms. The van der Waals surface area contributed by atoms with E-state index in [4.69, 9.17) is 24.4 Å². The third-order valence-corrected chi connectivity index (χ3v) is 9.34. The van der Waals surface area contributed by atoms with Crippen LogP contribution in [0.5, 0.6) is 17.5 Å². The molecule has 55 heavy (non-hydrogen) atoms. The maximum atomic E-state index is 10.9. The van der Waals surface area contributed by atoms with Crippen molar-refractivity contribution in [3.05, 3.63) is 95.1 Å². The van der Waals surface area contributed by atoms with Gasteiger partial charge >= 0.3 is 11.9 Å². The molecule has 1 aliphatic rings. The topological polar surface area (TPSA) is 212 Å². The summed E-state index contributed by atoms with van der Waals surface area (Å²) >= 11 is 0. The number of rotatable bonds is 22. The Hall–Kier alpha value is -5.09. The molecular formula is C41H50N4O10. The molecule has 294 valence electrons. The van der Waals surface area contributed by atoms with Crippen molar-refractivity contribution in [2.75, 3.05) is 39.9 Å². The van der Waals surface area contributed by atoms with Crippen LogP contribution in [0.15, 0.2) is 72.8 Å². The predicted octanol–water partition coefficient (Wildman–Crippen LogP) is 3.44. The SMILES string of the molecule is CNC(O)COc1nc(O[C@H]2CCc3c(-c4cccc(-c5ccc(OCCNC[C@@H](O)CC(=O)O)cc5)c4C)cccc32)ccc1CNC[C@@H](O)CC(=O)O. The third kappa shape index (κ3) is 11.7. The van der Waals surface area contributed by atoms with Gasteiger partial charge in [0.05, 0.1) is 25.0 Å². The summed E-state index contributed by atoms with van der Waals surface area (Å²) in [5.41, 5.74) is 8.54. The van der Waals surface area contributed by atoms with Gasteiger partial charge in [-0.2, -0.15) is 4.98 Å². The largest absolute Gasteiger partial charge is 0.492 e. The van der Waals surface area contributed by atoms with Crippen molar-refractivity contribution in [1.29, 1.82) is 0 Å². The molecule has 5 rings (SSSR count). The van der Waals surface area contributed by atoms with Crippen molar-refractivity contribution < 1.29 is 49.3 Å². The van der Waals surface area contributed by atoms with Gasteiger partial charge in [-0.25, -0.2) is 0 Å². The summed E-state index contributed by atoms with van der Waals surface area (Å²) in [5, 5.41) is 56.1. The van der Waals surface area contributed by atoms with Gasteiger partial charge in [0.15, 0.2) is 0 Å². The summed E-state index contributed by atoms with van der Waals surface area (Å²) in [5.74, 6) is -0.792. The first-order valence-corrected chi connectivity index (χ1v) is 18.3. The first-order chi connectivity index (χ1) is 26.5. The van der Waals surface area contributed by atoms with Crippen LogP contribution in [0, 0.1) is 6.92 Å². The van der Waals surface area contributed by atoms with Crippen molar-refractivity contribution in [3.8, 4) is 39.8 Å². The van der Waals surface area contributed by atoms with E-state index in [1.807, 2.05) is 30.3 Å². The highest BCUT2D eigenvalue weighted by Gasteiger charge is 2.28. The average molecular weight is 759 g/mol. The lowest BCUT2D eigenvalue weighted by molar-refractivity contribution is -0.140. The minimum absolute atomic E-state index is 0.0590. The normalized spacial score (nSPS) is 15.2. The molecular weight excluding hydrogens is 708 g/mol. The quantitative estimate of drug-likeness (QED) is 0.0427. The number of aliphatic carboxylic acids is 2. The minimum Gasteiger partial charge on any atom is -0.492 e. The molecule has 1 unspecified atom stereocenters. The fourth-order valence-electron chi connectivity index (χ4n) is 6.56. The molecule has 4 atom stereocenters. The number of aliphatic hydroxyl groups is 3. The molecule has 14 nitrogen and oxygen atoms in total. The van der Waals surface area contributed by atoms with Gasteiger partial charge in [-0.3, -0.25) is 14.9 Å². The average Bonchev–Trinajstić information content (AvgIpc) is 3.57. The van der Waals surface area contributed by atoms with Gasteiger partial charge in [-0.15, -0.1) is 0 Å². The summed E-state index contributed by atoms with van der Waals surface area (Å²) in [6, 6.07) is 24.0. The standard InChI is InChI=1S/C41H50N4O10/c1-25-31(26-9-12-30(13-10-26)53-18-17-43-22-28(46)19-39(49)50)5-3-6-32(25)33-7-4-8-35-34(33)14-15-36(35)55-38-16-11-27(21-44-23-29(47)20-40(51)52)41(45-38)54-24-37(48)42-2/h3-13,16,28-29,36-37,42-44,46-48H,14-15,17-24H2,1-2H3,(H,49,50)(H,51,52)/t28-,29-,36-,37?/m0/s1. The van der Waals surface area contributed by atoms with Crippen LogP contribution in [0.25, 0.3) is 22.3 Å². The van der Waals surface area contributed by atoms with Crippen molar-refractivity contribution in [1.82, 2.24) is 20.9 Å². The van der Waals surface area contributed by atoms with Gasteiger partial charge in [0.25, 0.3) is 0 Å². The van der Waals surface area contributed by atoms with Gasteiger partial charge in [-0.05, 0) is 84.0 Å². The number of benzene rings is 3. The number of fused-ring (bicyclic) bond motifs is 1. The van der Waals surface area contributed by atoms with Crippen molar-refractivity contribution in [2.24, 2.45) is 0 Å². The number of hydrogen-bond acceptors (Lipinski definition) is 12. The van der Waals surface area contributed by atoms with Crippen LogP contribution >= 0.6 is 0 Å². The molecule has 1 aromatic heterocycles. The van der Waals surface area contributed by atoms with Crippen LogP contribution in [0.1, 0.15) is 47.6 Å². The Morgan fingerprint density at radius 2 is 1.51 bits per heavy atom. The lowest BCUT2D eigenvalue weighted by atomic mass is 9.89. The highest BCUT2D eigenvalue weighted by Crippen LogP contribution is 2.42. The Kier molecular flexibility index (Phi) is 14.9. The molecule has 0 saturated heterocycles. The van der Waals surface area contributed by atoms with Crippen LogP contribution < -0.4 is 30.2 Å². The Morgan fingerprint density at radius 1 is 0.836 bits per heavy atom. The molecule has 0 spiro atoms. The number of ether oxygens (including phenoxy) is 3. The van der Waals surface area contributed by atoms with Crippen LogP contribution in [0.4, 0.5) is 0 Å². The van der Waals surface area contributed by atoms with Crippen molar-refractivity contribution in [3.63, 3.8) is 0 Å². The Bertz CT molecular complexity index is 1890. The van der Waals surface area contributed by atoms with Gasteiger partial charge in [-0.1, -0.05) is 48.5 Å². The van der Waals surface area contributed by atoms with E-state index in [1.165, 1.54) is 5.56 Å². The number of likely N-dealkylation sites (N-methyl/N-ethyl adjacent to an activating group) is 1. The third-order valence-electron chi connectivity index (χ3n) is 9.34. The number of aliphatic hydroxyl groups excluding tert-OH is 3. The number of hydrogen-bond donors (Lipinski definition) is 8. The first kappa shape index (κ1) is 41.1. The number of aromatic nitrogens is 1. The molecule has 8 N–H and O–H groups in total. The molecule has 0 radical (unpaired) electrons. The molecule has 1 aliphatic carbocycles. The fraction of sp³-hybridized carbons (Fsp3) is 0.390. The second-order valence-electron chi connectivity index (χ2n) is 13.4. The number of nitrogens with zero attached hydrogens (tertiary/aromatic N) is 1. The van der Waals surface area contributed by atoms with Crippen molar-refractivity contribution >= 4 is 11.9 Å². The van der Waals surface area contributed by atoms with Crippen LogP contribution in [0.2, 0.25) is 0 Å². The lowest BCUT2D eigenvalue weighted by Crippen LogP contribution is -2.32. The second-order valence-corrected chi connectivity index (χ2v) is 13.4. The Labute approximate surface area is 320 Å².